The summed E-state index contributed by atoms with van der Waals surface area (Å²) in [6.07, 6.45) is 0.761. The molecule has 1 radical (unpaired) electrons. The standard InChI is InChI=1S/C9H12NO/c1-3-7-4-5-8(10)9(6-7)11-2/h4-6H,1,3,10H2,2H3. The van der Waals surface area contributed by atoms with Gasteiger partial charge in [0.05, 0.1) is 12.8 Å². The van der Waals surface area contributed by atoms with Crippen LogP contribution in [0.1, 0.15) is 5.56 Å². The maximum absolute atomic E-state index is 5.61. The van der Waals surface area contributed by atoms with Crippen molar-refractivity contribution in [3.05, 3.63) is 30.7 Å². The van der Waals surface area contributed by atoms with Crippen molar-refractivity contribution in [1.82, 2.24) is 0 Å². The van der Waals surface area contributed by atoms with E-state index in [9.17, 15) is 0 Å². The van der Waals surface area contributed by atoms with E-state index >= 15 is 0 Å². The maximum atomic E-state index is 5.61. The fourth-order valence-electron chi connectivity index (χ4n) is 0.911. The van der Waals surface area contributed by atoms with Gasteiger partial charge in [0.25, 0.3) is 0 Å². The van der Waals surface area contributed by atoms with E-state index in [1.54, 1.807) is 7.11 Å². The van der Waals surface area contributed by atoms with Gasteiger partial charge in [0.2, 0.25) is 0 Å². The van der Waals surface area contributed by atoms with Crippen LogP contribution in [-0.4, -0.2) is 7.11 Å². The minimum atomic E-state index is 0.671. The van der Waals surface area contributed by atoms with Gasteiger partial charge in [0.15, 0.2) is 0 Å². The monoisotopic (exact) mass is 150 g/mol. The first-order valence-electron chi connectivity index (χ1n) is 3.49. The van der Waals surface area contributed by atoms with Gasteiger partial charge in [-0.1, -0.05) is 6.07 Å². The third-order valence-electron chi connectivity index (χ3n) is 1.59. The Morgan fingerprint density at radius 1 is 1.55 bits per heavy atom. The molecule has 1 aromatic carbocycles. The van der Waals surface area contributed by atoms with Crippen LogP contribution in [0.25, 0.3) is 0 Å². The highest BCUT2D eigenvalue weighted by Crippen LogP contribution is 2.21. The summed E-state index contributed by atoms with van der Waals surface area (Å²) in [5.74, 6) is 0.728. The zero-order valence-corrected chi connectivity index (χ0v) is 6.63. The van der Waals surface area contributed by atoms with Crippen LogP contribution >= 0.6 is 0 Å². The third-order valence-corrected chi connectivity index (χ3v) is 1.59. The van der Waals surface area contributed by atoms with Crippen molar-refractivity contribution in [2.75, 3.05) is 12.8 Å². The van der Waals surface area contributed by atoms with E-state index in [4.69, 9.17) is 10.5 Å². The molecule has 2 nitrogen and oxygen atoms in total. The van der Waals surface area contributed by atoms with Crippen LogP contribution in [0.4, 0.5) is 5.69 Å². The predicted octanol–water partition coefficient (Wildman–Crippen LogP) is 1.65. The van der Waals surface area contributed by atoms with Crippen molar-refractivity contribution in [3.8, 4) is 5.75 Å². The summed E-state index contributed by atoms with van der Waals surface area (Å²) in [4.78, 5) is 0. The fourth-order valence-corrected chi connectivity index (χ4v) is 0.911. The number of hydrogen-bond donors (Lipinski definition) is 1. The zero-order valence-electron chi connectivity index (χ0n) is 6.63. The SMILES string of the molecule is [CH2]Cc1ccc(N)c(OC)c1. The quantitative estimate of drug-likeness (QED) is 0.650. The largest absolute Gasteiger partial charge is 0.495 e. The summed E-state index contributed by atoms with van der Waals surface area (Å²) in [5.41, 5.74) is 7.42. The predicted molar refractivity (Wildman–Crippen MR) is 46.5 cm³/mol. The minimum Gasteiger partial charge on any atom is -0.495 e. The fraction of sp³-hybridized carbons (Fsp3) is 0.222. The molecule has 0 heterocycles. The molecule has 11 heavy (non-hydrogen) atoms. The molecule has 0 bridgehead atoms. The van der Waals surface area contributed by atoms with Crippen LogP contribution in [0.15, 0.2) is 18.2 Å². The second kappa shape index (κ2) is 3.28. The van der Waals surface area contributed by atoms with Crippen molar-refractivity contribution in [2.24, 2.45) is 0 Å². The summed E-state index contributed by atoms with van der Waals surface area (Å²) in [6, 6.07) is 5.69. The van der Waals surface area contributed by atoms with E-state index in [1.807, 2.05) is 18.2 Å². The molecule has 0 amide bonds. The number of methoxy groups -OCH3 is 1. The second-order valence-electron chi connectivity index (χ2n) is 2.33. The van der Waals surface area contributed by atoms with E-state index in [2.05, 4.69) is 6.92 Å². The molecule has 0 fully saturated rings. The molecular weight excluding hydrogens is 138 g/mol. The van der Waals surface area contributed by atoms with Crippen LogP contribution in [0, 0.1) is 6.92 Å². The molecule has 59 valence electrons. The van der Waals surface area contributed by atoms with Crippen molar-refractivity contribution in [3.63, 3.8) is 0 Å². The minimum absolute atomic E-state index is 0.671. The summed E-state index contributed by atoms with van der Waals surface area (Å²) < 4.78 is 5.03. The molecule has 1 aromatic rings. The Balaban J connectivity index is 3.02. The van der Waals surface area contributed by atoms with E-state index in [-0.39, 0.29) is 0 Å². The van der Waals surface area contributed by atoms with Crippen molar-refractivity contribution in [1.29, 1.82) is 0 Å². The first-order chi connectivity index (χ1) is 5.27. The first-order valence-corrected chi connectivity index (χ1v) is 3.49. The molecule has 2 N–H and O–H groups in total. The molecule has 0 aromatic heterocycles. The normalized spacial score (nSPS) is 9.64. The molecule has 0 saturated carbocycles. The number of nitrogens with two attached hydrogens (primary N) is 1. The van der Waals surface area contributed by atoms with Gasteiger partial charge in [-0.15, -0.1) is 0 Å². The van der Waals surface area contributed by atoms with Crippen LogP contribution in [0.2, 0.25) is 0 Å². The Labute approximate surface area is 67.0 Å². The number of benzene rings is 1. The van der Waals surface area contributed by atoms with Crippen LogP contribution in [-0.2, 0) is 6.42 Å². The molecule has 0 aliphatic rings. The number of anilines is 1. The van der Waals surface area contributed by atoms with E-state index in [0.717, 1.165) is 17.7 Å². The van der Waals surface area contributed by atoms with Gasteiger partial charge in [0.1, 0.15) is 5.75 Å². The van der Waals surface area contributed by atoms with Gasteiger partial charge >= 0.3 is 0 Å². The molecule has 0 aliphatic heterocycles. The Morgan fingerprint density at radius 3 is 2.82 bits per heavy atom. The summed E-state index contributed by atoms with van der Waals surface area (Å²) in [7, 11) is 1.61. The van der Waals surface area contributed by atoms with Gasteiger partial charge in [-0.3, -0.25) is 0 Å². The number of hydrogen-bond acceptors (Lipinski definition) is 2. The van der Waals surface area contributed by atoms with Gasteiger partial charge < -0.3 is 10.5 Å². The van der Waals surface area contributed by atoms with Crippen LogP contribution in [0.3, 0.4) is 0 Å². The van der Waals surface area contributed by atoms with Crippen molar-refractivity contribution < 1.29 is 4.74 Å². The second-order valence-corrected chi connectivity index (χ2v) is 2.33. The molecule has 1 rings (SSSR count). The Hall–Kier alpha value is -1.18. The topological polar surface area (TPSA) is 35.2 Å². The van der Waals surface area contributed by atoms with E-state index in [0.29, 0.717) is 5.69 Å². The number of rotatable bonds is 2. The zero-order chi connectivity index (χ0) is 8.27. The Bertz CT molecular complexity index is 245. The molecule has 0 spiro atoms. The van der Waals surface area contributed by atoms with Crippen molar-refractivity contribution in [2.45, 2.75) is 6.42 Å². The molecule has 0 saturated heterocycles. The molecule has 0 aliphatic carbocycles. The smallest absolute Gasteiger partial charge is 0.142 e. The number of nitrogen functional groups attached to an aromatic ring is 1. The first kappa shape index (κ1) is 7.92. The van der Waals surface area contributed by atoms with Gasteiger partial charge in [-0.2, -0.15) is 0 Å². The lowest BCUT2D eigenvalue weighted by Crippen LogP contribution is -1.93. The average molecular weight is 150 g/mol. The highest BCUT2D eigenvalue weighted by molar-refractivity contribution is 5.53. The van der Waals surface area contributed by atoms with Crippen LogP contribution < -0.4 is 10.5 Å². The summed E-state index contributed by atoms with van der Waals surface area (Å²) in [5, 5.41) is 0. The van der Waals surface area contributed by atoms with Gasteiger partial charge in [-0.25, -0.2) is 0 Å². The summed E-state index contributed by atoms with van der Waals surface area (Å²) in [6.45, 7) is 3.76. The third kappa shape index (κ3) is 1.64. The van der Waals surface area contributed by atoms with E-state index in [1.165, 1.54) is 0 Å². The number of ether oxygens (including phenoxy) is 1. The molecule has 0 unspecified atom stereocenters. The maximum Gasteiger partial charge on any atom is 0.142 e. The highest BCUT2D eigenvalue weighted by atomic mass is 16.5. The van der Waals surface area contributed by atoms with Crippen LogP contribution in [0.5, 0.6) is 5.75 Å². The van der Waals surface area contributed by atoms with E-state index < -0.39 is 0 Å². The molecule has 2 heteroatoms. The Kier molecular flexibility index (Phi) is 2.36. The van der Waals surface area contributed by atoms with Gasteiger partial charge in [0, 0.05) is 0 Å². The van der Waals surface area contributed by atoms with Gasteiger partial charge in [-0.05, 0) is 31.0 Å². The highest BCUT2D eigenvalue weighted by Gasteiger charge is 1.98. The van der Waals surface area contributed by atoms with Crippen molar-refractivity contribution >= 4 is 5.69 Å². The molecule has 0 atom stereocenters. The summed E-state index contributed by atoms with van der Waals surface area (Å²) >= 11 is 0. The average Bonchev–Trinajstić information content (AvgIpc) is 2.05. The lowest BCUT2D eigenvalue weighted by atomic mass is 10.1. The lowest BCUT2D eigenvalue weighted by Gasteiger charge is -2.05. The lowest BCUT2D eigenvalue weighted by molar-refractivity contribution is 0.416. The molecular formula is C9H12NO. The Morgan fingerprint density at radius 2 is 2.27 bits per heavy atom.